The highest BCUT2D eigenvalue weighted by Gasteiger charge is 2.57. The standard InChI is InChI=1S/C27H27NO8/c29-15-22-24(30)25(31)27(33,26(32)35-22)36-21-8-4-7-20-23(21)17(14-28-20)13-16-9-11-19(12-10-16)34-18-5-2-1-3-6-18/h1-12,14,22,24-26,28-33H,13,15H2/t22-,24-,25+,26+,27+/m1/s1. The van der Waals surface area contributed by atoms with E-state index in [1.807, 2.05) is 66.9 Å². The number of para-hydroxylation sites is 1. The van der Waals surface area contributed by atoms with E-state index in [-0.39, 0.29) is 5.75 Å². The van der Waals surface area contributed by atoms with E-state index in [2.05, 4.69) is 4.98 Å². The summed E-state index contributed by atoms with van der Waals surface area (Å²) in [5.41, 5.74) is 2.55. The van der Waals surface area contributed by atoms with Gasteiger partial charge in [-0.3, -0.25) is 0 Å². The molecule has 1 aliphatic heterocycles. The van der Waals surface area contributed by atoms with Crippen molar-refractivity contribution in [2.45, 2.75) is 36.8 Å². The first-order valence-corrected chi connectivity index (χ1v) is 11.5. The predicted octanol–water partition coefficient (Wildman–Crippen LogP) is 2.05. The van der Waals surface area contributed by atoms with Crippen LogP contribution in [-0.2, 0) is 11.2 Å². The number of fused-ring (bicyclic) bond motifs is 1. The Balaban J connectivity index is 1.39. The van der Waals surface area contributed by atoms with Gasteiger partial charge in [0, 0.05) is 17.1 Å². The fraction of sp³-hybridized carbons (Fsp3) is 0.259. The van der Waals surface area contributed by atoms with Gasteiger partial charge in [-0.2, -0.15) is 0 Å². The van der Waals surface area contributed by atoms with Crippen molar-refractivity contribution in [1.29, 1.82) is 0 Å². The van der Waals surface area contributed by atoms with Gasteiger partial charge in [-0.1, -0.05) is 36.4 Å². The molecule has 1 aliphatic rings. The van der Waals surface area contributed by atoms with Gasteiger partial charge in [0.05, 0.1) is 6.61 Å². The second-order valence-corrected chi connectivity index (χ2v) is 8.73. The van der Waals surface area contributed by atoms with Gasteiger partial charge in [0.25, 0.3) is 5.79 Å². The molecule has 9 nitrogen and oxygen atoms in total. The van der Waals surface area contributed by atoms with Crippen LogP contribution in [0.15, 0.2) is 79.0 Å². The molecular formula is C27H27NO8. The number of aromatic nitrogens is 1. The van der Waals surface area contributed by atoms with Crippen molar-refractivity contribution in [2.24, 2.45) is 0 Å². The third-order valence-electron chi connectivity index (χ3n) is 6.29. The summed E-state index contributed by atoms with van der Waals surface area (Å²) < 4.78 is 16.6. The van der Waals surface area contributed by atoms with Crippen LogP contribution < -0.4 is 9.47 Å². The lowest BCUT2D eigenvalue weighted by Gasteiger charge is -2.45. The normalized spacial score (nSPS) is 26.1. The molecule has 0 bridgehead atoms. The van der Waals surface area contributed by atoms with Crippen LogP contribution in [-0.4, -0.2) is 67.5 Å². The lowest BCUT2D eigenvalue weighted by Crippen LogP contribution is -2.69. The number of aliphatic hydroxyl groups excluding tert-OH is 4. The Morgan fingerprint density at radius 2 is 1.61 bits per heavy atom. The van der Waals surface area contributed by atoms with Crippen LogP contribution >= 0.6 is 0 Å². The minimum absolute atomic E-state index is 0.173. The minimum Gasteiger partial charge on any atom is -0.457 e. The van der Waals surface area contributed by atoms with E-state index in [4.69, 9.17) is 14.2 Å². The highest BCUT2D eigenvalue weighted by atomic mass is 16.7. The number of nitrogens with one attached hydrogen (secondary N) is 1. The Morgan fingerprint density at radius 3 is 2.33 bits per heavy atom. The first-order valence-electron chi connectivity index (χ1n) is 11.5. The minimum atomic E-state index is -2.66. The first kappa shape index (κ1) is 24.3. The monoisotopic (exact) mass is 493 g/mol. The Kier molecular flexibility index (Phi) is 6.67. The molecule has 0 saturated carbocycles. The molecule has 36 heavy (non-hydrogen) atoms. The summed E-state index contributed by atoms with van der Waals surface area (Å²) in [5, 5.41) is 51.9. The van der Waals surface area contributed by atoms with Gasteiger partial charge < -0.3 is 44.7 Å². The number of hydrogen-bond acceptors (Lipinski definition) is 8. The van der Waals surface area contributed by atoms with Crippen molar-refractivity contribution in [2.75, 3.05) is 6.61 Å². The van der Waals surface area contributed by atoms with E-state index in [1.54, 1.807) is 12.1 Å². The first-order chi connectivity index (χ1) is 17.4. The summed E-state index contributed by atoms with van der Waals surface area (Å²) in [4.78, 5) is 3.17. The van der Waals surface area contributed by atoms with E-state index >= 15 is 0 Å². The Labute approximate surface area is 206 Å². The molecule has 4 aromatic rings. The third-order valence-corrected chi connectivity index (χ3v) is 6.29. The number of aliphatic hydroxyl groups is 5. The second-order valence-electron chi connectivity index (χ2n) is 8.73. The lowest BCUT2D eigenvalue weighted by atomic mass is 9.95. The molecule has 2 heterocycles. The van der Waals surface area contributed by atoms with Crippen molar-refractivity contribution in [1.82, 2.24) is 4.98 Å². The molecule has 5 rings (SSSR count). The van der Waals surface area contributed by atoms with Crippen molar-refractivity contribution in [3.8, 4) is 17.2 Å². The van der Waals surface area contributed by atoms with Crippen LogP contribution in [0, 0.1) is 0 Å². The van der Waals surface area contributed by atoms with E-state index in [0.717, 1.165) is 16.9 Å². The van der Waals surface area contributed by atoms with Crippen molar-refractivity contribution < 1.29 is 39.7 Å². The average molecular weight is 494 g/mol. The number of H-pyrrole nitrogens is 1. The number of aromatic amines is 1. The molecular weight excluding hydrogens is 466 g/mol. The Bertz CT molecular complexity index is 1310. The molecule has 6 N–H and O–H groups in total. The maximum absolute atomic E-state index is 11.0. The van der Waals surface area contributed by atoms with Gasteiger partial charge in [-0.05, 0) is 53.9 Å². The van der Waals surface area contributed by atoms with Crippen molar-refractivity contribution in [3.63, 3.8) is 0 Å². The smallest absolute Gasteiger partial charge is 0.288 e. The molecule has 188 valence electrons. The molecule has 0 radical (unpaired) electrons. The lowest BCUT2D eigenvalue weighted by molar-refractivity contribution is -0.385. The van der Waals surface area contributed by atoms with Gasteiger partial charge >= 0.3 is 0 Å². The average Bonchev–Trinajstić information content (AvgIpc) is 3.31. The highest BCUT2D eigenvalue weighted by molar-refractivity contribution is 5.89. The summed E-state index contributed by atoms with van der Waals surface area (Å²) in [6, 6.07) is 22.2. The molecule has 0 unspecified atom stereocenters. The van der Waals surface area contributed by atoms with E-state index in [0.29, 0.717) is 23.1 Å². The van der Waals surface area contributed by atoms with Crippen LogP contribution in [0.1, 0.15) is 11.1 Å². The summed E-state index contributed by atoms with van der Waals surface area (Å²) in [7, 11) is 0. The van der Waals surface area contributed by atoms with Crippen LogP contribution in [0.2, 0.25) is 0 Å². The van der Waals surface area contributed by atoms with E-state index in [9.17, 15) is 25.5 Å². The largest absolute Gasteiger partial charge is 0.457 e. The summed E-state index contributed by atoms with van der Waals surface area (Å²) in [6.45, 7) is -0.655. The molecule has 1 aromatic heterocycles. The topological polar surface area (TPSA) is 145 Å². The van der Waals surface area contributed by atoms with Gasteiger partial charge in [0.2, 0.25) is 6.29 Å². The zero-order chi connectivity index (χ0) is 25.3. The van der Waals surface area contributed by atoms with Gasteiger partial charge in [0.15, 0.2) is 6.10 Å². The van der Waals surface area contributed by atoms with Crippen LogP contribution in [0.4, 0.5) is 0 Å². The molecule has 0 aliphatic carbocycles. The van der Waals surface area contributed by atoms with Gasteiger partial charge in [-0.15, -0.1) is 0 Å². The molecule has 0 spiro atoms. The molecule has 3 aromatic carbocycles. The number of benzene rings is 3. The summed E-state index contributed by atoms with van der Waals surface area (Å²) in [6.07, 6.45) is -4.56. The second kappa shape index (κ2) is 9.90. The SMILES string of the molecule is OC[C@H]1O[C@H](O)[C@@](O)(Oc2cccc3[nH]cc(Cc4ccc(Oc5ccccc5)cc4)c23)[C@@H](O)[C@@H]1O. The van der Waals surface area contributed by atoms with E-state index < -0.39 is 37.0 Å². The Hall–Kier alpha value is -3.44. The predicted molar refractivity (Wildman–Crippen MR) is 130 cm³/mol. The zero-order valence-electron chi connectivity index (χ0n) is 19.2. The molecule has 1 fully saturated rings. The van der Waals surface area contributed by atoms with Gasteiger partial charge in [-0.25, -0.2) is 0 Å². The van der Waals surface area contributed by atoms with Crippen LogP contribution in [0.5, 0.6) is 17.2 Å². The third kappa shape index (κ3) is 4.56. The van der Waals surface area contributed by atoms with Crippen molar-refractivity contribution >= 4 is 10.9 Å². The summed E-state index contributed by atoms with van der Waals surface area (Å²) >= 11 is 0. The number of hydrogen-bond donors (Lipinski definition) is 6. The van der Waals surface area contributed by atoms with E-state index in [1.165, 1.54) is 0 Å². The quantitative estimate of drug-likeness (QED) is 0.215. The summed E-state index contributed by atoms with van der Waals surface area (Å²) in [5.74, 6) is -1.04. The number of ether oxygens (including phenoxy) is 3. The molecule has 5 atom stereocenters. The number of rotatable bonds is 7. The maximum Gasteiger partial charge on any atom is 0.288 e. The molecule has 9 heteroatoms. The highest BCUT2D eigenvalue weighted by Crippen LogP contribution is 2.37. The zero-order valence-corrected chi connectivity index (χ0v) is 19.2. The maximum atomic E-state index is 11.0. The Morgan fingerprint density at radius 1 is 0.889 bits per heavy atom. The van der Waals surface area contributed by atoms with Gasteiger partial charge in [0.1, 0.15) is 29.5 Å². The fourth-order valence-corrected chi connectivity index (χ4v) is 4.34. The molecule has 1 saturated heterocycles. The fourth-order valence-electron chi connectivity index (χ4n) is 4.34. The van der Waals surface area contributed by atoms with Crippen LogP contribution in [0.25, 0.3) is 10.9 Å². The van der Waals surface area contributed by atoms with Crippen molar-refractivity contribution in [3.05, 3.63) is 90.1 Å². The molecule has 0 amide bonds. The van der Waals surface area contributed by atoms with Crippen LogP contribution in [0.3, 0.4) is 0 Å².